The van der Waals surface area contributed by atoms with Crippen molar-refractivity contribution >= 4 is 11.6 Å². The second-order valence-corrected chi connectivity index (χ2v) is 8.84. The molecule has 0 atom stereocenters. The Hall–Kier alpha value is -2.21. The normalized spacial score (nSPS) is 25.3. The van der Waals surface area contributed by atoms with E-state index in [1.165, 1.54) is 16.7 Å². The molecular formula is C23H23ClN4O. The Balaban J connectivity index is 1.33. The molecule has 1 spiro atoms. The lowest BCUT2D eigenvalue weighted by atomic mass is 9.74. The lowest BCUT2D eigenvalue weighted by Crippen LogP contribution is -2.31. The zero-order chi connectivity index (χ0) is 19.4. The van der Waals surface area contributed by atoms with Crippen molar-refractivity contribution in [2.45, 2.75) is 56.9 Å². The van der Waals surface area contributed by atoms with E-state index in [1.807, 2.05) is 12.1 Å². The monoisotopic (exact) mass is 406 g/mol. The van der Waals surface area contributed by atoms with Crippen LogP contribution in [0.5, 0.6) is 0 Å². The molecule has 6 rings (SSSR count). The number of ether oxygens (including phenoxy) is 1. The molecule has 5 nitrogen and oxygen atoms in total. The van der Waals surface area contributed by atoms with Crippen molar-refractivity contribution in [2.24, 2.45) is 0 Å². The fourth-order valence-electron chi connectivity index (χ4n) is 5.33. The first kappa shape index (κ1) is 17.6. The predicted molar refractivity (Wildman–Crippen MR) is 111 cm³/mol. The van der Waals surface area contributed by atoms with Crippen LogP contribution in [-0.2, 0) is 30.0 Å². The Kier molecular flexibility index (Phi) is 4.05. The molecule has 3 aliphatic rings. The van der Waals surface area contributed by atoms with Crippen LogP contribution in [0.1, 0.15) is 59.9 Å². The average molecular weight is 407 g/mol. The van der Waals surface area contributed by atoms with E-state index in [9.17, 15) is 0 Å². The summed E-state index contributed by atoms with van der Waals surface area (Å²) < 4.78 is 8.61. The fraction of sp³-hybridized carbons (Fsp3) is 0.391. The molecule has 1 aromatic heterocycles. The van der Waals surface area contributed by atoms with Crippen LogP contribution >= 0.6 is 11.6 Å². The molecule has 1 fully saturated rings. The van der Waals surface area contributed by atoms with Crippen molar-refractivity contribution in [3.63, 3.8) is 0 Å². The zero-order valence-corrected chi connectivity index (χ0v) is 17.0. The van der Waals surface area contributed by atoms with Gasteiger partial charge in [0.2, 0.25) is 0 Å². The van der Waals surface area contributed by atoms with Crippen LogP contribution in [0.4, 0.5) is 0 Å². The van der Waals surface area contributed by atoms with Crippen LogP contribution in [0, 0.1) is 0 Å². The van der Waals surface area contributed by atoms with Crippen LogP contribution in [-0.4, -0.2) is 14.8 Å². The van der Waals surface area contributed by atoms with E-state index >= 15 is 0 Å². The topological polar surface area (TPSA) is 52.0 Å². The molecule has 0 unspecified atom stereocenters. The average Bonchev–Trinajstić information content (AvgIpc) is 3.27. The third-order valence-electron chi connectivity index (χ3n) is 6.81. The number of halogens is 1. The Morgan fingerprint density at radius 1 is 1.03 bits per heavy atom. The van der Waals surface area contributed by atoms with Gasteiger partial charge in [-0.15, -0.1) is 10.2 Å². The SMILES string of the molecule is Clc1ccc2c(c1)CNCc1nnc(C3CCC4(CC3)OCc3ccccc34)n1-2. The van der Waals surface area contributed by atoms with E-state index in [0.717, 1.165) is 61.2 Å². The number of nitrogens with zero attached hydrogens (tertiary/aromatic N) is 3. The smallest absolute Gasteiger partial charge is 0.151 e. The molecule has 2 aliphatic heterocycles. The van der Waals surface area contributed by atoms with Crippen LogP contribution < -0.4 is 5.32 Å². The van der Waals surface area contributed by atoms with E-state index < -0.39 is 0 Å². The number of aromatic nitrogens is 3. The van der Waals surface area contributed by atoms with Crippen molar-refractivity contribution in [3.8, 4) is 5.69 Å². The molecule has 3 heterocycles. The maximum atomic E-state index is 6.35. The zero-order valence-electron chi connectivity index (χ0n) is 16.2. The highest BCUT2D eigenvalue weighted by Crippen LogP contribution is 2.50. The van der Waals surface area contributed by atoms with Crippen LogP contribution in [0.25, 0.3) is 5.69 Å². The quantitative estimate of drug-likeness (QED) is 0.641. The summed E-state index contributed by atoms with van der Waals surface area (Å²) >= 11 is 6.25. The standard InChI is InChI=1S/C23H23ClN4O/c24-18-5-6-20-17(11-18)12-25-13-21-26-27-22(28(20)21)15-7-9-23(10-8-15)19-4-2-1-3-16(19)14-29-23/h1-6,11,15,25H,7-10,12-14H2. The lowest BCUT2D eigenvalue weighted by Gasteiger charge is -2.37. The first-order valence-electron chi connectivity index (χ1n) is 10.4. The summed E-state index contributed by atoms with van der Waals surface area (Å²) in [6.45, 7) is 2.24. The molecular weight excluding hydrogens is 384 g/mol. The molecule has 6 heteroatoms. The van der Waals surface area contributed by atoms with Gasteiger partial charge in [0.1, 0.15) is 5.82 Å². The number of rotatable bonds is 1. The van der Waals surface area contributed by atoms with Crippen LogP contribution in [0.15, 0.2) is 42.5 Å². The Morgan fingerprint density at radius 3 is 2.79 bits per heavy atom. The van der Waals surface area contributed by atoms with Gasteiger partial charge >= 0.3 is 0 Å². The summed E-state index contributed by atoms with van der Waals surface area (Å²) in [6, 6.07) is 14.8. The second-order valence-electron chi connectivity index (χ2n) is 8.40. The third kappa shape index (κ3) is 2.75. The van der Waals surface area contributed by atoms with Gasteiger partial charge in [0, 0.05) is 17.5 Å². The van der Waals surface area contributed by atoms with Gasteiger partial charge in [-0.05, 0) is 60.6 Å². The van der Waals surface area contributed by atoms with Crippen molar-refractivity contribution in [1.82, 2.24) is 20.1 Å². The molecule has 1 N–H and O–H groups in total. The Bertz CT molecular complexity index is 1080. The Morgan fingerprint density at radius 2 is 1.90 bits per heavy atom. The highest BCUT2D eigenvalue weighted by Gasteiger charge is 2.44. The molecule has 29 heavy (non-hydrogen) atoms. The first-order chi connectivity index (χ1) is 14.2. The second kappa shape index (κ2) is 6.66. The summed E-state index contributed by atoms with van der Waals surface area (Å²) in [5.41, 5.74) is 4.97. The fourth-order valence-corrected chi connectivity index (χ4v) is 5.53. The lowest BCUT2D eigenvalue weighted by molar-refractivity contribution is -0.0674. The molecule has 1 saturated carbocycles. The van der Waals surface area contributed by atoms with E-state index in [2.05, 4.69) is 50.4 Å². The van der Waals surface area contributed by atoms with Gasteiger partial charge in [0.05, 0.1) is 24.4 Å². The van der Waals surface area contributed by atoms with Crippen molar-refractivity contribution in [2.75, 3.05) is 0 Å². The van der Waals surface area contributed by atoms with E-state index in [4.69, 9.17) is 16.3 Å². The van der Waals surface area contributed by atoms with Gasteiger partial charge in [-0.2, -0.15) is 0 Å². The van der Waals surface area contributed by atoms with Crippen molar-refractivity contribution in [1.29, 1.82) is 0 Å². The van der Waals surface area contributed by atoms with Crippen LogP contribution in [0.2, 0.25) is 5.02 Å². The van der Waals surface area contributed by atoms with Gasteiger partial charge in [0.15, 0.2) is 5.82 Å². The van der Waals surface area contributed by atoms with Gasteiger partial charge in [-0.25, -0.2) is 0 Å². The molecule has 1 aliphatic carbocycles. The number of hydrogen-bond acceptors (Lipinski definition) is 4. The van der Waals surface area contributed by atoms with Gasteiger partial charge < -0.3 is 10.1 Å². The number of nitrogens with one attached hydrogen (secondary N) is 1. The van der Waals surface area contributed by atoms with Gasteiger partial charge in [-0.1, -0.05) is 35.9 Å². The number of hydrogen-bond donors (Lipinski definition) is 1. The minimum Gasteiger partial charge on any atom is -0.366 e. The summed E-state index contributed by atoms with van der Waals surface area (Å²) in [4.78, 5) is 0. The largest absolute Gasteiger partial charge is 0.366 e. The summed E-state index contributed by atoms with van der Waals surface area (Å²) in [7, 11) is 0. The number of fused-ring (bicyclic) bond motifs is 5. The van der Waals surface area contributed by atoms with Crippen molar-refractivity contribution < 1.29 is 4.74 Å². The summed E-state index contributed by atoms with van der Waals surface area (Å²) in [5, 5.41) is 13.4. The third-order valence-corrected chi connectivity index (χ3v) is 7.04. The van der Waals surface area contributed by atoms with Gasteiger partial charge in [-0.3, -0.25) is 4.57 Å². The predicted octanol–water partition coefficient (Wildman–Crippen LogP) is 4.61. The van der Waals surface area contributed by atoms with Crippen LogP contribution in [0.3, 0.4) is 0 Å². The highest BCUT2D eigenvalue weighted by atomic mass is 35.5. The first-order valence-corrected chi connectivity index (χ1v) is 10.8. The van der Waals surface area contributed by atoms with E-state index in [-0.39, 0.29) is 5.60 Å². The molecule has 3 aromatic rings. The molecule has 0 bridgehead atoms. The molecule has 0 amide bonds. The summed E-state index contributed by atoms with van der Waals surface area (Å²) in [5.74, 6) is 2.44. The minimum absolute atomic E-state index is 0.109. The molecule has 0 saturated heterocycles. The summed E-state index contributed by atoms with van der Waals surface area (Å²) in [6.07, 6.45) is 4.18. The van der Waals surface area contributed by atoms with Crippen molar-refractivity contribution in [3.05, 3.63) is 75.8 Å². The Labute approximate surface area is 175 Å². The van der Waals surface area contributed by atoms with E-state index in [1.54, 1.807) is 0 Å². The molecule has 0 radical (unpaired) electrons. The highest BCUT2D eigenvalue weighted by molar-refractivity contribution is 6.30. The maximum absolute atomic E-state index is 6.35. The molecule has 2 aromatic carbocycles. The minimum atomic E-state index is -0.109. The molecule has 148 valence electrons. The number of benzene rings is 2. The maximum Gasteiger partial charge on any atom is 0.151 e. The van der Waals surface area contributed by atoms with Gasteiger partial charge in [0.25, 0.3) is 0 Å². The van der Waals surface area contributed by atoms with E-state index in [0.29, 0.717) is 12.5 Å².